The SMILES string of the molecule is CNC(=O)Oc1ccc(N2CCCC2)cc1. The average Bonchev–Trinajstić information content (AvgIpc) is 2.83. The topological polar surface area (TPSA) is 41.6 Å². The van der Waals surface area contributed by atoms with Gasteiger partial charge in [0.05, 0.1) is 0 Å². The van der Waals surface area contributed by atoms with E-state index >= 15 is 0 Å². The maximum Gasteiger partial charge on any atom is 0.412 e. The summed E-state index contributed by atoms with van der Waals surface area (Å²) in [6, 6.07) is 7.62. The Morgan fingerprint density at radius 3 is 2.44 bits per heavy atom. The van der Waals surface area contributed by atoms with Gasteiger partial charge < -0.3 is 15.0 Å². The summed E-state index contributed by atoms with van der Waals surface area (Å²) >= 11 is 0. The summed E-state index contributed by atoms with van der Waals surface area (Å²) in [7, 11) is 1.54. The Balaban J connectivity index is 2.01. The summed E-state index contributed by atoms with van der Waals surface area (Å²) in [4.78, 5) is 13.3. The number of benzene rings is 1. The lowest BCUT2D eigenvalue weighted by atomic mass is 10.3. The van der Waals surface area contributed by atoms with Crippen molar-refractivity contribution in [3.8, 4) is 5.75 Å². The second-order valence-electron chi connectivity index (χ2n) is 3.83. The Kier molecular flexibility index (Phi) is 3.29. The van der Waals surface area contributed by atoms with Crippen LogP contribution in [0.4, 0.5) is 10.5 Å². The Hall–Kier alpha value is -1.71. The molecule has 1 heterocycles. The fourth-order valence-corrected chi connectivity index (χ4v) is 1.86. The molecule has 1 aliphatic rings. The molecule has 1 aromatic carbocycles. The molecule has 86 valence electrons. The van der Waals surface area contributed by atoms with Gasteiger partial charge in [0.1, 0.15) is 5.75 Å². The standard InChI is InChI=1S/C12H16N2O2/c1-13-12(15)16-11-6-4-10(5-7-11)14-8-2-3-9-14/h4-7H,2-3,8-9H2,1H3,(H,13,15). The molecule has 16 heavy (non-hydrogen) atoms. The van der Waals surface area contributed by atoms with Crippen molar-refractivity contribution in [2.24, 2.45) is 0 Å². The zero-order valence-electron chi connectivity index (χ0n) is 9.40. The molecule has 0 spiro atoms. The van der Waals surface area contributed by atoms with Gasteiger partial charge in [-0.25, -0.2) is 4.79 Å². The third kappa shape index (κ3) is 2.45. The van der Waals surface area contributed by atoms with E-state index in [1.807, 2.05) is 24.3 Å². The lowest BCUT2D eigenvalue weighted by molar-refractivity contribution is 0.203. The lowest BCUT2D eigenvalue weighted by Gasteiger charge is -2.17. The van der Waals surface area contributed by atoms with Crippen LogP contribution in [0.1, 0.15) is 12.8 Å². The van der Waals surface area contributed by atoms with Gasteiger partial charge in [-0.1, -0.05) is 0 Å². The zero-order valence-corrected chi connectivity index (χ0v) is 9.40. The minimum atomic E-state index is -0.436. The van der Waals surface area contributed by atoms with Crippen molar-refractivity contribution in [2.75, 3.05) is 25.0 Å². The van der Waals surface area contributed by atoms with E-state index in [0.29, 0.717) is 5.75 Å². The first kappa shape index (κ1) is 10.8. The summed E-state index contributed by atoms with van der Waals surface area (Å²) < 4.78 is 5.01. The van der Waals surface area contributed by atoms with E-state index in [1.165, 1.54) is 18.5 Å². The maximum atomic E-state index is 11.0. The van der Waals surface area contributed by atoms with Gasteiger partial charge in [-0.3, -0.25) is 0 Å². The highest BCUT2D eigenvalue weighted by Gasteiger charge is 2.12. The van der Waals surface area contributed by atoms with Crippen LogP contribution in [0, 0.1) is 0 Å². The van der Waals surface area contributed by atoms with Crippen LogP contribution in [0.15, 0.2) is 24.3 Å². The summed E-state index contributed by atoms with van der Waals surface area (Å²) in [5.41, 5.74) is 1.20. The molecule has 1 N–H and O–H groups in total. The fourth-order valence-electron chi connectivity index (χ4n) is 1.86. The van der Waals surface area contributed by atoms with Crippen molar-refractivity contribution in [1.29, 1.82) is 0 Å². The fraction of sp³-hybridized carbons (Fsp3) is 0.417. The molecule has 0 radical (unpaired) electrons. The predicted molar refractivity (Wildman–Crippen MR) is 63.0 cm³/mol. The van der Waals surface area contributed by atoms with Gasteiger partial charge in [0.25, 0.3) is 0 Å². The number of carbonyl (C=O) groups excluding carboxylic acids is 1. The van der Waals surface area contributed by atoms with E-state index in [4.69, 9.17) is 4.74 Å². The largest absolute Gasteiger partial charge is 0.412 e. The van der Waals surface area contributed by atoms with Crippen molar-refractivity contribution < 1.29 is 9.53 Å². The lowest BCUT2D eigenvalue weighted by Crippen LogP contribution is -2.22. The smallest absolute Gasteiger partial charge is 0.410 e. The van der Waals surface area contributed by atoms with Crippen molar-refractivity contribution in [1.82, 2.24) is 5.32 Å². The molecule has 0 saturated carbocycles. The minimum Gasteiger partial charge on any atom is -0.410 e. The molecule has 1 aromatic rings. The number of anilines is 1. The van der Waals surface area contributed by atoms with Gasteiger partial charge in [-0.15, -0.1) is 0 Å². The highest BCUT2D eigenvalue weighted by Crippen LogP contribution is 2.22. The number of nitrogens with zero attached hydrogens (tertiary/aromatic N) is 1. The van der Waals surface area contributed by atoms with Crippen molar-refractivity contribution in [3.05, 3.63) is 24.3 Å². The maximum absolute atomic E-state index is 11.0. The van der Waals surface area contributed by atoms with Gasteiger partial charge in [0, 0.05) is 25.8 Å². The second kappa shape index (κ2) is 4.88. The average molecular weight is 220 g/mol. The normalized spacial score (nSPS) is 14.9. The molecule has 0 bridgehead atoms. The van der Waals surface area contributed by atoms with Gasteiger partial charge in [0.2, 0.25) is 0 Å². The Morgan fingerprint density at radius 1 is 1.25 bits per heavy atom. The molecular formula is C12H16N2O2. The predicted octanol–water partition coefficient (Wildman–Crippen LogP) is 2.00. The van der Waals surface area contributed by atoms with Gasteiger partial charge in [-0.2, -0.15) is 0 Å². The van der Waals surface area contributed by atoms with Crippen LogP contribution in [0.3, 0.4) is 0 Å². The number of nitrogens with one attached hydrogen (secondary N) is 1. The molecule has 4 nitrogen and oxygen atoms in total. The van der Waals surface area contributed by atoms with Gasteiger partial charge in [-0.05, 0) is 37.1 Å². The van der Waals surface area contributed by atoms with Crippen LogP contribution in [-0.4, -0.2) is 26.2 Å². The van der Waals surface area contributed by atoms with Crippen molar-refractivity contribution in [3.63, 3.8) is 0 Å². The molecule has 1 fully saturated rings. The Morgan fingerprint density at radius 2 is 1.88 bits per heavy atom. The number of amides is 1. The molecule has 0 atom stereocenters. The molecule has 0 aliphatic carbocycles. The zero-order chi connectivity index (χ0) is 11.4. The van der Waals surface area contributed by atoms with Crippen LogP contribution in [0.25, 0.3) is 0 Å². The number of hydrogen-bond donors (Lipinski definition) is 1. The Labute approximate surface area is 95.2 Å². The third-order valence-corrected chi connectivity index (χ3v) is 2.72. The van der Waals surface area contributed by atoms with E-state index in [9.17, 15) is 4.79 Å². The van der Waals surface area contributed by atoms with Crippen LogP contribution < -0.4 is 15.0 Å². The van der Waals surface area contributed by atoms with E-state index in [1.54, 1.807) is 7.05 Å². The minimum absolute atomic E-state index is 0.436. The first-order chi connectivity index (χ1) is 7.79. The van der Waals surface area contributed by atoms with E-state index in [0.717, 1.165) is 13.1 Å². The first-order valence-corrected chi connectivity index (χ1v) is 5.54. The second-order valence-corrected chi connectivity index (χ2v) is 3.83. The van der Waals surface area contributed by atoms with Crippen LogP contribution in [0.2, 0.25) is 0 Å². The van der Waals surface area contributed by atoms with E-state index < -0.39 is 6.09 Å². The molecular weight excluding hydrogens is 204 g/mol. The third-order valence-electron chi connectivity index (χ3n) is 2.72. The quantitative estimate of drug-likeness (QED) is 0.828. The highest BCUT2D eigenvalue weighted by atomic mass is 16.5. The number of hydrogen-bond acceptors (Lipinski definition) is 3. The first-order valence-electron chi connectivity index (χ1n) is 5.54. The molecule has 1 saturated heterocycles. The molecule has 4 heteroatoms. The summed E-state index contributed by atoms with van der Waals surface area (Å²) in [6.07, 6.45) is 2.08. The van der Waals surface area contributed by atoms with Crippen LogP contribution in [0.5, 0.6) is 5.75 Å². The van der Waals surface area contributed by atoms with Crippen LogP contribution >= 0.6 is 0 Å². The summed E-state index contributed by atoms with van der Waals surface area (Å²) in [6.45, 7) is 2.24. The van der Waals surface area contributed by atoms with Crippen molar-refractivity contribution in [2.45, 2.75) is 12.8 Å². The number of rotatable bonds is 2. The number of carbonyl (C=O) groups is 1. The molecule has 0 unspecified atom stereocenters. The molecule has 1 aliphatic heterocycles. The number of ether oxygens (including phenoxy) is 1. The molecule has 0 aromatic heterocycles. The van der Waals surface area contributed by atoms with E-state index in [-0.39, 0.29) is 0 Å². The summed E-state index contributed by atoms with van der Waals surface area (Å²) in [5.74, 6) is 0.572. The molecule has 1 amide bonds. The van der Waals surface area contributed by atoms with Crippen LogP contribution in [-0.2, 0) is 0 Å². The van der Waals surface area contributed by atoms with E-state index in [2.05, 4.69) is 10.2 Å². The van der Waals surface area contributed by atoms with Gasteiger partial charge in [0.15, 0.2) is 0 Å². The molecule has 2 rings (SSSR count). The Bertz CT molecular complexity index is 356. The summed E-state index contributed by atoms with van der Waals surface area (Å²) in [5, 5.41) is 2.41. The highest BCUT2D eigenvalue weighted by molar-refractivity contribution is 5.70. The van der Waals surface area contributed by atoms with Crippen molar-refractivity contribution >= 4 is 11.8 Å². The monoisotopic (exact) mass is 220 g/mol. The van der Waals surface area contributed by atoms with Gasteiger partial charge >= 0.3 is 6.09 Å².